The Labute approximate surface area is 92.8 Å². The molecule has 2 aromatic heterocycles. The maximum atomic E-state index is 4.44. The zero-order chi connectivity index (χ0) is 10.3. The van der Waals surface area contributed by atoms with E-state index >= 15 is 0 Å². The van der Waals surface area contributed by atoms with Gasteiger partial charge in [0.15, 0.2) is 0 Å². The van der Waals surface area contributed by atoms with E-state index in [0.717, 1.165) is 25.3 Å². The number of rotatable bonds is 1. The molecule has 0 aromatic carbocycles. The molecule has 1 N–H and O–H groups in total. The molecule has 78 valence electrons. The smallest absolute Gasteiger partial charge is 0.100 e. The van der Waals surface area contributed by atoms with Gasteiger partial charge in [0, 0.05) is 30.2 Å². The van der Waals surface area contributed by atoms with Gasteiger partial charge in [-0.2, -0.15) is 0 Å². The molecule has 2 aromatic rings. The molecular weight excluding hydrogens is 206 g/mol. The Morgan fingerprint density at radius 3 is 3.20 bits per heavy atom. The lowest BCUT2D eigenvalue weighted by Crippen LogP contribution is -2.27. The van der Waals surface area contributed by atoms with E-state index in [9.17, 15) is 0 Å². The molecule has 3 rings (SSSR count). The Morgan fingerprint density at radius 2 is 2.40 bits per heavy atom. The van der Waals surface area contributed by atoms with Crippen LogP contribution in [0.15, 0.2) is 17.6 Å². The monoisotopic (exact) mass is 219 g/mol. The van der Waals surface area contributed by atoms with Crippen molar-refractivity contribution in [3.63, 3.8) is 0 Å². The van der Waals surface area contributed by atoms with Crippen LogP contribution >= 0.6 is 11.3 Å². The van der Waals surface area contributed by atoms with Crippen molar-refractivity contribution in [1.82, 2.24) is 14.9 Å². The van der Waals surface area contributed by atoms with Gasteiger partial charge >= 0.3 is 0 Å². The number of aryl methyl sites for hydroxylation is 1. The molecule has 0 amide bonds. The summed E-state index contributed by atoms with van der Waals surface area (Å²) >= 11 is 1.71. The summed E-state index contributed by atoms with van der Waals surface area (Å²) in [6.07, 6.45) is 0. The van der Waals surface area contributed by atoms with Crippen molar-refractivity contribution in [2.24, 2.45) is 0 Å². The molecule has 1 aliphatic rings. The Hall–Kier alpha value is -1.13. The lowest BCUT2D eigenvalue weighted by atomic mass is 10.3. The number of fused-ring (bicyclic) bond motifs is 1. The van der Waals surface area contributed by atoms with Crippen molar-refractivity contribution in [3.05, 3.63) is 28.2 Å². The maximum Gasteiger partial charge on any atom is 0.100 e. The number of nitrogens with zero attached hydrogens (tertiary/aromatic N) is 2. The van der Waals surface area contributed by atoms with E-state index in [1.54, 1.807) is 11.3 Å². The second kappa shape index (κ2) is 3.47. The van der Waals surface area contributed by atoms with Crippen LogP contribution in [-0.4, -0.2) is 16.1 Å². The zero-order valence-corrected chi connectivity index (χ0v) is 9.47. The predicted molar refractivity (Wildman–Crippen MR) is 62.0 cm³/mol. The van der Waals surface area contributed by atoms with Gasteiger partial charge in [0.25, 0.3) is 0 Å². The van der Waals surface area contributed by atoms with Crippen LogP contribution in [0.25, 0.3) is 11.4 Å². The van der Waals surface area contributed by atoms with Crippen LogP contribution < -0.4 is 5.32 Å². The number of hydrogen-bond acceptors (Lipinski definition) is 3. The van der Waals surface area contributed by atoms with Crippen molar-refractivity contribution in [1.29, 1.82) is 0 Å². The van der Waals surface area contributed by atoms with Crippen LogP contribution in [0.4, 0.5) is 0 Å². The molecular formula is C11H13N3S. The van der Waals surface area contributed by atoms with Crippen molar-refractivity contribution >= 4 is 11.3 Å². The zero-order valence-electron chi connectivity index (χ0n) is 8.66. The number of aromatic nitrogens is 2. The normalized spacial score (nSPS) is 15.3. The summed E-state index contributed by atoms with van der Waals surface area (Å²) in [4.78, 5) is 5.74. The van der Waals surface area contributed by atoms with Crippen molar-refractivity contribution in [2.75, 3.05) is 6.54 Å². The third kappa shape index (κ3) is 1.41. The van der Waals surface area contributed by atoms with Crippen molar-refractivity contribution in [3.8, 4) is 11.4 Å². The van der Waals surface area contributed by atoms with Crippen LogP contribution in [0.1, 0.15) is 10.6 Å². The Morgan fingerprint density at radius 1 is 1.47 bits per heavy atom. The second-order valence-electron chi connectivity index (χ2n) is 3.80. The van der Waals surface area contributed by atoms with E-state index in [-0.39, 0.29) is 0 Å². The summed E-state index contributed by atoms with van der Waals surface area (Å²) in [7, 11) is 0. The number of hydrogen-bond donors (Lipinski definition) is 1. The second-order valence-corrected chi connectivity index (χ2v) is 4.85. The molecule has 0 spiro atoms. The molecule has 0 aliphatic carbocycles. The molecule has 0 fully saturated rings. The predicted octanol–water partition coefficient (Wildman–Crippen LogP) is 2.02. The minimum Gasteiger partial charge on any atom is -0.341 e. The van der Waals surface area contributed by atoms with Crippen LogP contribution in [0, 0.1) is 6.92 Å². The van der Waals surface area contributed by atoms with Crippen LogP contribution in [-0.2, 0) is 13.1 Å². The van der Waals surface area contributed by atoms with E-state index in [1.165, 1.54) is 16.3 Å². The summed E-state index contributed by atoms with van der Waals surface area (Å²) in [6, 6.07) is 4.38. The van der Waals surface area contributed by atoms with Gasteiger partial charge in [0.2, 0.25) is 0 Å². The average molecular weight is 219 g/mol. The first kappa shape index (κ1) is 9.12. The van der Waals surface area contributed by atoms with Crippen molar-refractivity contribution < 1.29 is 0 Å². The van der Waals surface area contributed by atoms with Gasteiger partial charge in [-0.25, -0.2) is 4.98 Å². The molecule has 1 aliphatic heterocycles. The molecule has 0 unspecified atom stereocenters. The van der Waals surface area contributed by atoms with E-state index in [1.807, 2.05) is 5.51 Å². The third-order valence-electron chi connectivity index (χ3n) is 2.88. The average Bonchev–Trinajstić information content (AvgIpc) is 2.83. The van der Waals surface area contributed by atoms with Crippen LogP contribution in [0.5, 0.6) is 0 Å². The van der Waals surface area contributed by atoms with Gasteiger partial charge in [0.1, 0.15) is 5.69 Å². The highest BCUT2D eigenvalue weighted by Gasteiger charge is 2.15. The molecule has 4 heteroatoms. The minimum absolute atomic E-state index is 0.975. The van der Waals surface area contributed by atoms with E-state index in [2.05, 4.69) is 33.9 Å². The summed E-state index contributed by atoms with van der Waals surface area (Å²) in [6.45, 7) is 5.21. The molecule has 15 heavy (non-hydrogen) atoms. The largest absolute Gasteiger partial charge is 0.341 e. The standard InChI is InChI=1S/C11H13N3S/c1-8-11(13-7-15-8)10-3-2-9-6-12-4-5-14(9)10/h2-3,7,12H,4-6H2,1H3. The first-order chi connectivity index (χ1) is 7.36. The van der Waals surface area contributed by atoms with Crippen LogP contribution in [0.2, 0.25) is 0 Å². The maximum absolute atomic E-state index is 4.44. The van der Waals surface area contributed by atoms with Gasteiger partial charge in [-0.3, -0.25) is 0 Å². The van der Waals surface area contributed by atoms with E-state index < -0.39 is 0 Å². The summed E-state index contributed by atoms with van der Waals surface area (Å²) in [5, 5.41) is 3.38. The lowest BCUT2D eigenvalue weighted by Gasteiger charge is -2.18. The topological polar surface area (TPSA) is 29.9 Å². The Balaban J connectivity index is 2.13. The SMILES string of the molecule is Cc1scnc1-c1ccc2n1CCNC2. The fraction of sp³-hybridized carbons (Fsp3) is 0.364. The molecule has 0 radical (unpaired) electrons. The molecule has 3 heterocycles. The minimum atomic E-state index is 0.975. The quantitative estimate of drug-likeness (QED) is 0.795. The highest BCUT2D eigenvalue weighted by molar-refractivity contribution is 7.10. The van der Waals surface area contributed by atoms with E-state index in [0.29, 0.717) is 0 Å². The fourth-order valence-electron chi connectivity index (χ4n) is 2.09. The van der Waals surface area contributed by atoms with E-state index in [4.69, 9.17) is 0 Å². The number of thiazole rings is 1. The van der Waals surface area contributed by atoms with Gasteiger partial charge in [-0.05, 0) is 19.1 Å². The Kier molecular flexibility index (Phi) is 2.11. The number of nitrogens with one attached hydrogen (secondary N) is 1. The third-order valence-corrected chi connectivity index (χ3v) is 3.63. The van der Waals surface area contributed by atoms with Gasteiger partial charge in [-0.15, -0.1) is 11.3 Å². The van der Waals surface area contributed by atoms with Gasteiger partial charge < -0.3 is 9.88 Å². The fourth-order valence-corrected chi connectivity index (χ4v) is 2.68. The van der Waals surface area contributed by atoms with Crippen LogP contribution in [0.3, 0.4) is 0 Å². The molecule has 3 nitrogen and oxygen atoms in total. The first-order valence-corrected chi connectivity index (χ1v) is 6.04. The molecule has 0 bridgehead atoms. The highest BCUT2D eigenvalue weighted by Crippen LogP contribution is 2.27. The van der Waals surface area contributed by atoms with Gasteiger partial charge in [-0.1, -0.05) is 0 Å². The lowest BCUT2D eigenvalue weighted by molar-refractivity contribution is 0.520. The molecule has 0 saturated carbocycles. The van der Waals surface area contributed by atoms with Gasteiger partial charge in [0.05, 0.1) is 11.2 Å². The Bertz CT molecular complexity index is 484. The highest BCUT2D eigenvalue weighted by atomic mass is 32.1. The summed E-state index contributed by atoms with van der Waals surface area (Å²) < 4.78 is 2.37. The first-order valence-electron chi connectivity index (χ1n) is 5.16. The summed E-state index contributed by atoms with van der Waals surface area (Å²) in [5.41, 5.74) is 5.70. The summed E-state index contributed by atoms with van der Waals surface area (Å²) in [5.74, 6) is 0. The van der Waals surface area contributed by atoms with Crippen molar-refractivity contribution in [2.45, 2.75) is 20.0 Å². The molecule has 0 saturated heterocycles. The molecule has 0 atom stereocenters.